The normalized spacial score (nSPS) is 10.5. The fourth-order valence-corrected chi connectivity index (χ4v) is 2.63. The number of nitrogens with zero attached hydrogens (tertiary/aromatic N) is 2. The van der Waals surface area contributed by atoms with Gasteiger partial charge in [-0.3, -0.25) is 0 Å². The van der Waals surface area contributed by atoms with Crippen LogP contribution < -0.4 is 9.80 Å². The highest BCUT2D eigenvalue weighted by molar-refractivity contribution is 5.77. The molecule has 0 atom stereocenters. The van der Waals surface area contributed by atoms with Gasteiger partial charge in [-0.1, -0.05) is 18.2 Å². The summed E-state index contributed by atoms with van der Waals surface area (Å²) in [6.07, 6.45) is 0. The molecule has 0 aliphatic heterocycles. The molecular weight excluding hydrogens is 244 g/mol. The predicted molar refractivity (Wildman–Crippen MR) is 90.0 cm³/mol. The first kappa shape index (κ1) is 14.4. The minimum Gasteiger partial charge on any atom is -0.378 e. The Morgan fingerprint density at radius 3 is 2.00 bits per heavy atom. The van der Waals surface area contributed by atoms with E-state index in [4.69, 9.17) is 0 Å². The van der Waals surface area contributed by atoms with Gasteiger partial charge in [-0.25, -0.2) is 0 Å². The van der Waals surface area contributed by atoms with Gasteiger partial charge in [0.15, 0.2) is 0 Å². The summed E-state index contributed by atoms with van der Waals surface area (Å²) in [5.74, 6) is 0. The highest BCUT2D eigenvalue weighted by Crippen LogP contribution is 2.33. The van der Waals surface area contributed by atoms with Crippen molar-refractivity contribution in [2.24, 2.45) is 0 Å². The van der Waals surface area contributed by atoms with Crippen LogP contribution in [0.4, 0.5) is 11.4 Å². The van der Waals surface area contributed by atoms with Crippen LogP contribution in [-0.4, -0.2) is 28.2 Å². The van der Waals surface area contributed by atoms with Gasteiger partial charge in [-0.2, -0.15) is 0 Å². The smallest absolute Gasteiger partial charge is 0.0396 e. The van der Waals surface area contributed by atoms with Crippen molar-refractivity contribution in [2.45, 2.75) is 13.8 Å². The van der Waals surface area contributed by atoms with Gasteiger partial charge >= 0.3 is 0 Å². The van der Waals surface area contributed by atoms with Crippen LogP contribution in [0.1, 0.15) is 11.1 Å². The second-order valence-corrected chi connectivity index (χ2v) is 5.74. The molecule has 0 unspecified atom stereocenters. The van der Waals surface area contributed by atoms with Crippen LogP contribution in [0.5, 0.6) is 0 Å². The Labute approximate surface area is 122 Å². The van der Waals surface area contributed by atoms with Gasteiger partial charge in [0.05, 0.1) is 0 Å². The monoisotopic (exact) mass is 268 g/mol. The van der Waals surface area contributed by atoms with Gasteiger partial charge in [0.2, 0.25) is 0 Å². The lowest BCUT2D eigenvalue weighted by atomic mass is 9.95. The Balaban J connectivity index is 2.55. The van der Waals surface area contributed by atoms with Crippen molar-refractivity contribution < 1.29 is 0 Å². The van der Waals surface area contributed by atoms with Crippen LogP contribution in [0.3, 0.4) is 0 Å². The third-order valence-corrected chi connectivity index (χ3v) is 3.80. The number of anilines is 2. The first-order valence-electron chi connectivity index (χ1n) is 6.97. The average Bonchev–Trinajstić information content (AvgIpc) is 2.39. The molecule has 0 fully saturated rings. The summed E-state index contributed by atoms with van der Waals surface area (Å²) < 4.78 is 0. The number of rotatable bonds is 3. The lowest BCUT2D eigenvalue weighted by Crippen LogP contribution is -2.11. The third kappa shape index (κ3) is 2.64. The molecule has 0 bridgehead atoms. The minimum absolute atomic E-state index is 1.24. The van der Waals surface area contributed by atoms with Crippen LogP contribution in [0, 0.1) is 13.8 Å². The lowest BCUT2D eigenvalue weighted by molar-refractivity contribution is 1.11. The van der Waals surface area contributed by atoms with E-state index in [1.807, 2.05) is 0 Å². The predicted octanol–water partition coefficient (Wildman–Crippen LogP) is 4.10. The molecule has 0 saturated heterocycles. The molecule has 0 N–H and O–H groups in total. The summed E-state index contributed by atoms with van der Waals surface area (Å²) in [6.45, 7) is 4.38. The van der Waals surface area contributed by atoms with Crippen LogP contribution >= 0.6 is 0 Å². The zero-order valence-electron chi connectivity index (χ0n) is 13.4. The molecule has 0 spiro atoms. The van der Waals surface area contributed by atoms with Crippen LogP contribution in [0.2, 0.25) is 0 Å². The number of hydrogen-bond acceptors (Lipinski definition) is 2. The quantitative estimate of drug-likeness (QED) is 0.827. The summed E-state index contributed by atoms with van der Waals surface area (Å²) in [5.41, 5.74) is 7.80. The topological polar surface area (TPSA) is 6.48 Å². The molecule has 0 heterocycles. The summed E-state index contributed by atoms with van der Waals surface area (Å²) in [4.78, 5) is 4.31. The highest BCUT2D eigenvalue weighted by atomic mass is 15.1. The molecule has 2 aromatic rings. The molecule has 2 nitrogen and oxygen atoms in total. The van der Waals surface area contributed by atoms with Gasteiger partial charge in [0.1, 0.15) is 0 Å². The summed E-state index contributed by atoms with van der Waals surface area (Å²) in [7, 11) is 8.33. The maximum atomic E-state index is 2.25. The molecule has 106 valence electrons. The summed E-state index contributed by atoms with van der Waals surface area (Å²) >= 11 is 0. The fourth-order valence-electron chi connectivity index (χ4n) is 2.63. The molecule has 0 radical (unpaired) electrons. The van der Waals surface area contributed by atoms with Crippen molar-refractivity contribution in [3.63, 3.8) is 0 Å². The Kier molecular flexibility index (Phi) is 4.03. The van der Waals surface area contributed by atoms with E-state index in [9.17, 15) is 0 Å². The van der Waals surface area contributed by atoms with E-state index in [-0.39, 0.29) is 0 Å². The molecule has 2 heteroatoms. The van der Waals surface area contributed by atoms with Crippen molar-refractivity contribution in [3.8, 4) is 11.1 Å². The first-order chi connectivity index (χ1) is 9.41. The van der Waals surface area contributed by atoms with E-state index in [1.54, 1.807) is 0 Å². The maximum absolute atomic E-state index is 2.25. The molecule has 0 aromatic heterocycles. The molecule has 0 saturated carbocycles. The number of benzene rings is 2. The second kappa shape index (κ2) is 5.58. The van der Waals surface area contributed by atoms with E-state index >= 15 is 0 Å². The lowest BCUT2D eigenvalue weighted by Gasteiger charge is -2.20. The van der Waals surface area contributed by atoms with Crippen molar-refractivity contribution in [3.05, 3.63) is 47.5 Å². The van der Waals surface area contributed by atoms with Crippen LogP contribution in [-0.2, 0) is 0 Å². The van der Waals surface area contributed by atoms with Crippen LogP contribution in [0.25, 0.3) is 11.1 Å². The fraction of sp³-hybridized carbons (Fsp3) is 0.333. The second-order valence-electron chi connectivity index (χ2n) is 5.74. The Hall–Kier alpha value is -1.96. The maximum Gasteiger partial charge on any atom is 0.0396 e. The first-order valence-corrected chi connectivity index (χ1v) is 6.97. The third-order valence-electron chi connectivity index (χ3n) is 3.80. The van der Waals surface area contributed by atoms with Gasteiger partial charge in [-0.05, 0) is 54.3 Å². The standard InChI is InChI=1S/C18H24N2/c1-13-12-15(19(3)4)10-11-16(13)17-8-7-9-18(14(17)2)20(5)6/h7-12H,1-6H3. The Morgan fingerprint density at radius 1 is 0.750 bits per heavy atom. The molecule has 0 aliphatic rings. The van der Waals surface area contributed by atoms with Crippen LogP contribution in [0.15, 0.2) is 36.4 Å². The van der Waals surface area contributed by atoms with Crippen molar-refractivity contribution in [1.82, 2.24) is 0 Å². The van der Waals surface area contributed by atoms with E-state index in [0.29, 0.717) is 0 Å². The zero-order valence-corrected chi connectivity index (χ0v) is 13.4. The summed E-state index contributed by atoms with van der Waals surface area (Å²) in [6, 6.07) is 13.2. The molecule has 0 amide bonds. The van der Waals surface area contributed by atoms with Gasteiger partial charge in [-0.15, -0.1) is 0 Å². The molecule has 2 aromatic carbocycles. The highest BCUT2D eigenvalue weighted by Gasteiger charge is 2.10. The van der Waals surface area contributed by atoms with E-state index in [1.165, 1.54) is 33.6 Å². The molecular formula is C18H24N2. The van der Waals surface area contributed by atoms with E-state index < -0.39 is 0 Å². The van der Waals surface area contributed by atoms with Crippen molar-refractivity contribution in [1.29, 1.82) is 0 Å². The van der Waals surface area contributed by atoms with Gasteiger partial charge < -0.3 is 9.80 Å². The van der Waals surface area contributed by atoms with Gasteiger partial charge in [0, 0.05) is 39.6 Å². The van der Waals surface area contributed by atoms with E-state index in [2.05, 4.69) is 88.2 Å². The van der Waals surface area contributed by atoms with Gasteiger partial charge in [0.25, 0.3) is 0 Å². The SMILES string of the molecule is Cc1cc(N(C)C)ccc1-c1cccc(N(C)C)c1C. The summed E-state index contributed by atoms with van der Waals surface area (Å²) in [5, 5.41) is 0. The number of hydrogen-bond donors (Lipinski definition) is 0. The largest absolute Gasteiger partial charge is 0.378 e. The van der Waals surface area contributed by atoms with Crippen molar-refractivity contribution in [2.75, 3.05) is 38.0 Å². The number of aryl methyl sites for hydroxylation is 1. The zero-order chi connectivity index (χ0) is 14.9. The van der Waals surface area contributed by atoms with E-state index in [0.717, 1.165) is 0 Å². The Morgan fingerprint density at radius 2 is 1.45 bits per heavy atom. The molecule has 2 rings (SSSR count). The minimum atomic E-state index is 1.24. The molecule has 20 heavy (non-hydrogen) atoms. The molecule has 0 aliphatic carbocycles. The average molecular weight is 268 g/mol. The Bertz CT molecular complexity index is 613. The van der Waals surface area contributed by atoms with Crippen molar-refractivity contribution >= 4 is 11.4 Å².